The minimum absolute atomic E-state index is 0.0332. The van der Waals surface area contributed by atoms with Crippen molar-refractivity contribution in [2.45, 2.75) is 64.2 Å². The smallest absolute Gasteiger partial charge is 0.216 e. The Bertz CT molecular complexity index is 1250. The van der Waals surface area contributed by atoms with E-state index in [9.17, 15) is 13.2 Å². The third-order valence-electron chi connectivity index (χ3n) is 7.51. The molecule has 2 fully saturated rings. The van der Waals surface area contributed by atoms with Crippen molar-refractivity contribution >= 4 is 44.8 Å². The van der Waals surface area contributed by atoms with E-state index in [2.05, 4.69) is 17.2 Å². The Morgan fingerprint density at radius 2 is 1.89 bits per heavy atom. The highest BCUT2D eigenvalue weighted by molar-refractivity contribution is 7.89. The molecule has 2 aliphatic heterocycles. The Labute approximate surface area is 235 Å². The summed E-state index contributed by atoms with van der Waals surface area (Å²) in [5.74, 6) is 0.800. The number of aromatic nitrogens is 2. The van der Waals surface area contributed by atoms with Crippen LogP contribution in [0.25, 0.3) is 11.3 Å². The lowest BCUT2D eigenvalue weighted by atomic mass is 9.92. The van der Waals surface area contributed by atoms with Gasteiger partial charge in [-0.05, 0) is 70.6 Å². The first kappa shape index (κ1) is 29.2. The van der Waals surface area contributed by atoms with Crippen molar-refractivity contribution in [1.29, 1.82) is 0 Å². The van der Waals surface area contributed by atoms with Gasteiger partial charge in [0.1, 0.15) is 11.6 Å². The number of ketones is 1. The van der Waals surface area contributed by atoms with Crippen molar-refractivity contribution in [2.75, 3.05) is 31.6 Å². The number of carbonyl (C=O) groups excluding carboxylic acids is 1. The number of anilines is 1. The minimum atomic E-state index is -3.40. The molecule has 4 rings (SSSR count). The van der Waals surface area contributed by atoms with Crippen molar-refractivity contribution in [1.82, 2.24) is 14.3 Å². The summed E-state index contributed by atoms with van der Waals surface area (Å²) in [6, 6.07) is 5.61. The molecule has 2 aromatic rings. The Kier molecular flexibility index (Phi) is 9.68. The van der Waals surface area contributed by atoms with Gasteiger partial charge in [0.15, 0.2) is 0 Å². The van der Waals surface area contributed by atoms with E-state index in [0.717, 1.165) is 26.1 Å². The largest absolute Gasteiger partial charge is 0.381 e. The number of hydrogen-bond acceptors (Lipinski definition) is 7. The van der Waals surface area contributed by atoms with Crippen molar-refractivity contribution in [3.63, 3.8) is 0 Å². The summed E-state index contributed by atoms with van der Waals surface area (Å²) >= 11 is 13.0. The molecule has 0 aromatic carbocycles. The van der Waals surface area contributed by atoms with Crippen molar-refractivity contribution in [3.8, 4) is 11.3 Å². The highest BCUT2D eigenvalue weighted by atomic mass is 35.5. The fourth-order valence-corrected chi connectivity index (χ4v) is 6.86. The number of hydrogen-bond donors (Lipinski definition) is 1. The lowest BCUT2D eigenvalue weighted by molar-refractivity contribution is -0.123. The van der Waals surface area contributed by atoms with Gasteiger partial charge in [0.2, 0.25) is 10.0 Å². The van der Waals surface area contributed by atoms with E-state index in [4.69, 9.17) is 32.9 Å². The number of carbonyl (C=O) groups is 1. The van der Waals surface area contributed by atoms with Gasteiger partial charge in [-0.1, -0.05) is 23.2 Å². The van der Waals surface area contributed by atoms with Crippen LogP contribution in [0, 0.1) is 11.8 Å². The van der Waals surface area contributed by atoms with Crippen LogP contribution < -0.4 is 5.32 Å². The van der Waals surface area contributed by atoms with Gasteiger partial charge in [-0.3, -0.25) is 9.78 Å². The number of rotatable bonds is 9. The quantitative estimate of drug-likeness (QED) is 0.431. The molecule has 11 heteroatoms. The zero-order chi connectivity index (χ0) is 27.4. The summed E-state index contributed by atoms with van der Waals surface area (Å²) < 4.78 is 32.2. The molecular formula is C27H36Cl2N4O4S. The van der Waals surface area contributed by atoms with Gasteiger partial charge in [0.05, 0.1) is 21.0 Å². The van der Waals surface area contributed by atoms with Crippen LogP contribution in [0.1, 0.15) is 52.1 Å². The van der Waals surface area contributed by atoms with Crippen LogP contribution in [0.15, 0.2) is 24.4 Å². The molecule has 2 aliphatic rings. The molecule has 0 amide bonds. The van der Waals surface area contributed by atoms with Crippen LogP contribution in [-0.2, 0) is 26.0 Å². The molecule has 1 N–H and O–H groups in total. The summed E-state index contributed by atoms with van der Waals surface area (Å²) in [6.07, 6.45) is 4.93. The number of ether oxygens (including phenoxy) is 1. The highest BCUT2D eigenvalue weighted by Crippen LogP contribution is 2.34. The van der Waals surface area contributed by atoms with Crippen LogP contribution >= 0.6 is 23.2 Å². The lowest BCUT2D eigenvalue weighted by Gasteiger charge is -2.32. The van der Waals surface area contributed by atoms with E-state index in [1.807, 2.05) is 6.07 Å². The molecular weight excluding hydrogens is 547 g/mol. The molecule has 0 aliphatic carbocycles. The van der Waals surface area contributed by atoms with E-state index in [-0.39, 0.29) is 30.7 Å². The molecule has 2 atom stereocenters. The number of Topliss-reactive ketones (excluding diaryl/α,β-unsaturated/α-hetero) is 1. The Hall–Kier alpha value is -1.78. The van der Waals surface area contributed by atoms with Gasteiger partial charge in [-0.2, -0.15) is 0 Å². The van der Waals surface area contributed by atoms with E-state index in [0.29, 0.717) is 58.1 Å². The van der Waals surface area contributed by atoms with Gasteiger partial charge in [-0.15, -0.1) is 0 Å². The molecule has 0 radical (unpaired) electrons. The number of halogens is 2. The molecule has 8 nitrogen and oxygen atoms in total. The van der Waals surface area contributed by atoms with Crippen LogP contribution in [0.5, 0.6) is 0 Å². The Morgan fingerprint density at radius 3 is 2.61 bits per heavy atom. The second kappa shape index (κ2) is 12.6. The molecule has 0 unspecified atom stereocenters. The monoisotopic (exact) mass is 582 g/mol. The van der Waals surface area contributed by atoms with Gasteiger partial charge < -0.3 is 10.1 Å². The number of piperidine rings is 1. The zero-order valence-electron chi connectivity index (χ0n) is 22.1. The second-order valence-electron chi connectivity index (χ2n) is 10.5. The highest BCUT2D eigenvalue weighted by Gasteiger charge is 2.34. The first-order valence-corrected chi connectivity index (χ1v) is 15.5. The Morgan fingerprint density at radius 1 is 1.16 bits per heavy atom. The third-order valence-corrected chi connectivity index (χ3v) is 10.4. The maximum atomic E-state index is 13.2. The summed E-state index contributed by atoms with van der Waals surface area (Å²) in [4.78, 5) is 22.3. The molecule has 208 valence electrons. The standard InChI is InChI=1S/C27H36Cl2N4O4S/c1-17(2)38(35,36)33-10-4-5-20(16-33)25(34)14-21-13-22(24(29)15-30-21)27-23(28)6-7-26(32-27)31-18(3)19-8-11-37-12-9-19/h6-7,13,15,17-20H,4-5,8-12,14,16H2,1-3H3,(H,31,32)/t18-,20+/m1/s1. The maximum absolute atomic E-state index is 13.2. The average molecular weight is 584 g/mol. The summed E-state index contributed by atoms with van der Waals surface area (Å²) in [5.41, 5.74) is 1.67. The predicted molar refractivity (Wildman–Crippen MR) is 151 cm³/mol. The van der Waals surface area contributed by atoms with Crippen LogP contribution in [-0.4, -0.2) is 66.1 Å². The van der Waals surface area contributed by atoms with Crippen molar-refractivity contribution in [3.05, 3.63) is 40.1 Å². The number of pyridine rings is 2. The number of sulfonamides is 1. The minimum Gasteiger partial charge on any atom is -0.381 e. The molecule has 0 bridgehead atoms. The first-order valence-electron chi connectivity index (χ1n) is 13.2. The van der Waals surface area contributed by atoms with Crippen molar-refractivity contribution < 1.29 is 17.9 Å². The molecule has 2 aromatic heterocycles. The van der Waals surface area contributed by atoms with E-state index in [1.54, 1.807) is 26.0 Å². The number of nitrogens with zero attached hydrogens (tertiary/aromatic N) is 3. The van der Waals surface area contributed by atoms with E-state index in [1.165, 1.54) is 10.5 Å². The fraction of sp³-hybridized carbons (Fsp3) is 0.593. The van der Waals surface area contributed by atoms with Gasteiger partial charge in [0.25, 0.3) is 0 Å². The Balaban J connectivity index is 1.50. The fourth-order valence-electron chi connectivity index (χ4n) is 5.10. The lowest BCUT2D eigenvalue weighted by Crippen LogP contribution is -2.45. The molecule has 4 heterocycles. The zero-order valence-corrected chi connectivity index (χ0v) is 24.4. The van der Waals surface area contributed by atoms with Crippen LogP contribution in [0.3, 0.4) is 0 Å². The first-order chi connectivity index (χ1) is 18.1. The molecule has 38 heavy (non-hydrogen) atoms. The van der Waals surface area contributed by atoms with Crippen LogP contribution in [0.2, 0.25) is 10.0 Å². The summed E-state index contributed by atoms with van der Waals surface area (Å²) in [6.45, 7) is 7.69. The molecule has 2 saturated heterocycles. The van der Waals surface area contributed by atoms with Gasteiger partial charge >= 0.3 is 0 Å². The average Bonchev–Trinajstić information content (AvgIpc) is 2.91. The summed E-state index contributed by atoms with van der Waals surface area (Å²) in [5, 5.41) is 3.81. The van der Waals surface area contributed by atoms with Gasteiger partial charge in [-0.25, -0.2) is 17.7 Å². The van der Waals surface area contributed by atoms with Crippen molar-refractivity contribution in [2.24, 2.45) is 11.8 Å². The second-order valence-corrected chi connectivity index (χ2v) is 13.8. The number of nitrogens with one attached hydrogen (secondary N) is 1. The van der Waals surface area contributed by atoms with Crippen LogP contribution in [0.4, 0.5) is 5.82 Å². The topological polar surface area (TPSA) is 101 Å². The van der Waals surface area contributed by atoms with Gasteiger partial charge in [0, 0.05) is 62.1 Å². The third kappa shape index (κ3) is 6.86. The normalized spacial score (nSPS) is 20.4. The molecule has 0 saturated carbocycles. The SMILES string of the molecule is CC(C)S(=O)(=O)N1CCC[C@H](C(=O)Cc2cc(-c3nc(N[C@H](C)C4CCOCC4)ccc3Cl)c(Cl)cn2)C1. The predicted octanol–water partition coefficient (Wildman–Crippen LogP) is 5.24. The van der Waals surface area contributed by atoms with E-state index >= 15 is 0 Å². The van der Waals surface area contributed by atoms with E-state index < -0.39 is 15.3 Å². The molecule has 0 spiro atoms. The maximum Gasteiger partial charge on any atom is 0.216 e. The summed E-state index contributed by atoms with van der Waals surface area (Å²) in [7, 11) is -3.40.